The minimum Gasteiger partial charge on any atom is -0.496 e. The lowest BCUT2D eigenvalue weighted by Crippen LogP contribution is -2.18. The number of hydrogen-bond donors (Lipinski definition) is 0. The Labute approximate surface area is 104 Å². The molecule has 0 unspecified atom stereocenters. The summed E-state index contributed by atoms with van der Waals surface area (Å²) in [5, 5.41) is 8.47. The molecular weight excluding hydrogens is 275 g/mol. The summed E-state index contributed by atoms with van der Waals surface area (Å²) in [6, 6.07) is 2.13. The molecule has 1 rings (SSSR count). The zero-order chi connectivity index (χ0) is 14.6. The Balaban J connectivity index is 3.32. The number of nitrogens with zero attached hydrogens (tertiary/aromatic N) is 2. The molecule has 9 heteroatoms. The van der Waals surface area contributed by atoms with Crippen LogP contribution in [0.2, 0.25) is 0 Å². The van der Waals surface area contributed by atoms with Gasteiger partial charge in [-0.2, -0.15) is 5.26 Å². The van der Waals surface area contributed by atoms with Gasteiger partial charge in [-0.1, -0.05) is 0 Å². The van der Waals surface area contributed by atoms with E-state index in [-0.39, 0.29) is 0 Å². The van der Waals surface area contributed by atoms with Crippen LogP contribution in [0.5, 0.6) is 11.6 Å². The Kier molecular flexibility index (Phi) is 4.47. The van der Waals surface area contributed by atoms with E-state index in [2.05, 4.69) is 14.5 Å². The van der Waals surface area contributed by atoms with Gasteiger partial charge in [0.15, 0.2) is 0 Å². The maximum Gasteiger partial charge on any atom is 0.574 e. The van der Waals surface area contributed by atoms with Crippen molar-refractivity contribution in [2.24, 2.45) is 0 Å². The van der Waals surface area contributed by atoms with Crippen LogP contribution in [0.15, 0.2) is 6.07 Å². The van der Waals surface area contributed by atoms with Crippen LogP contribution < -0.4 is 9.47 Å². The fourth-order valence-electron chi connectivity index (χ4n) is 1.34. The van der Waals surface area contributed by atoms with Gasteiger partial charge in [0.05, 0.1) is 30.9 Å². The first kappa shape index (κ1) is 14.9. The van der Waals surface area contributed by atoms with Crippen LogP contribution in [-0.4, -0.2) is 18.5 Å². The summed E-state index contributed by atoms with van der Waals surface area (Å²) in [6.07, 6.45) is -8.65. The molecule has 1 aromatic rings. The summed E-state index contributed by atoms with van der Waals surface area (Å²) in [5.74, 6) is -1.48. The maximum atomic E-state index is 12.8. The van der Waals surface area contributed by atoms with Crippen LogP contribution in [0.3, 0.4) is 0 Å². The number of aromatic nitrogens is 1. The average Bonchev–Trinajstić information content (AvgIpc) is 2.25. The number of halogens is 5. The second kappa shape index (κ2) is 5.69. The Hall–Kier alpha value is -2.11. The topological polar surface area (TPSA) is 55.1 Å². The van der Waals surface area contributed by atoms with Gasteiger partial charge in [-0.25, -0.2) is 13.8 Å². The lowest BCUT2D eigenvalue weighted by atomic mass is 10.1. The van der Waals surface area contributed by atoms with Gasteiger partial charge in [0.1, 0.15) is 5.75 Å². The van der Waals surface area contributed by atoms with Crippen LogP contribution >= 0.6 is 0 Å². The molecule has 0 bridgehead atoms. The van der Waals surface area contributed by atoms with Crippen molar-refractivity contribution in [3.63, 3.8) is 0 Å². The molecule has 1 heterocycles. The van der Waals surface area contributed by atoms with E-state index in [0.717, 1.165) is 7.11 Å². The molecule has 0 atom stereocenters. The normalized spacial score (nSPS) is 11.3. The molecule has 0 aliphatic heterocycles. The summed E-state index contributed by atoms with van der Waals surface area (Å²) in [4.78, 5) is 3.25. The highest BCUT2D eigenvalue weighted by molar-refractivity contribution is 5.42. The zero-order valence-electron chi connectivity index (χ0n) is 9.46. The molecule has 0 saturated heterocycles. The molecule has 19 heavy (non-hydrogen) atoms. The second-order valence-corrected chi connectivity index (χ2v) is 3.21. The van der Waals surface area contributed by atoms with Gasteiger partial charge in [0.25, 0.3) is 6.43 Å². The van der Waals surface area contributed by atoms with Crippen molar-refractivity contribution in [1.29, 1.82) is 5.26 Å². The second-order valence-electron chi connectivity index (χ2n) is 3.21. The highest BCUT2D eigenvalue weighted by atomic mass is 19.4. The third kappa shape index (κ3) is 3.94. The standard InChI is InChI=1S/C10H7F5N2O2/c1-18-6-4-7(19-10(13,14)15)17-5(2-3-16)8(6)9(11)12/h4,9H,2H2,1H3. The Morgan fingerprint density at radius 1 is 1.42 bits per heavy atom. The zero-order valence-corrected chi connectivity index (χ0v) is 9.46. The van der Waals surface area contributed by atoms with Crippen molar-refractivity contribution >= 4 is 0 Å². The van der Waals surface area contributed by atoms with E-state index in [1.165, 1.54) is 6.07 Å². The first-order valence-electron chi connectivity index (χ1n) is 4.77. The predicted molar refractivity (Wildman–Crippen MR) is 51.7 cm³/mol. The van der Waals surface area contributed by atoms with Gasteiger partial charge in [-0.05, 0) is 0 Å². The van der Waals surface area contributed by atoms with Crippen molar-refractivity contribution in [3.05, 3.63) is 17.3 Å². The lowest BCUT2D eigenvalue weighted by molar-refractivity contribution is -0.276. The van der Waals surface area contributed by atoms with E-state index in [1.807, 2.05) is 0 Å². The fraction of sp³-hybridized carbons (Fsp3) is 0.400. The van der Waals surface area contributed by atoms with Gasteiger partial charge in [-0.15, -0.1) is 13.2 Å². The van der Waals surface area contributed by atoms with E-state index in [0.29, 0.717) is 6.07 Å². The minimum atomic E-state index is -5.02. The monoisotopic (exact) mass is 282 g/mol. The van der Waals surface area contributed by atoms with Gasteiger partial charge in [0, 0.05) is 6.07 Å². The maximum absolute atomic E-state index is 12.8. The molecule has 1 aromatic heterocycles. The molecule has 0 spiro atoms. The van der Waals surface area contributed by atoms with Crippen molar-refractivity contribution in [2.45, 2.75) is 19.2 Å². The third-order valence-corrected chi connectivity index (χ3v) is 1.98. The van der Waals surface area contributed by atoms with E-state index >= 15 is 0 Å². The van der Waals surface area contributed by atoms with E-state index < -0.39 is 42.1 Å². The molecule has 0 aromatic carbocycles. The fourth-order valence-corrected chi connectivity index (χ4v) is 1.34. The smallest absolute Gasteiger partial charge is 0.496 e. The number of methoxy groups -OCH3 is 1. The van der Waals surface area contributed by atoms with E-state index in [1.54, 1.807) is 0 Å². The van der Waals surface area contributed by atoms with Crippen molar-refractivity contribution < 1.29 is 31.4 Å². The highest BCUT2D eigenvalue weighted by Gasteiger charge is 2.33. The largest absolute Gasteiger partial charge is 0.574 e. The van der Waals surface area contributed by atoms with Crippen molar-refractivity contribution in [3.8, 4) is 17.7 Å². The summed E-state index contributed by atoms with van der Waals surface area (Å²) in [7, 11) is 1.01. The minimum absolute atomic E-state index is 0.517. The number of rotatable bonds is 4. The quantitative estimate of drug-likeness (QED) is 0.797. The molecule has 104 valence electrons. The van der Waals surface area contributed by atoms with Gasteiger partial charge in [-0.3, -0.25) is 0 Å². The first-order valence-corrected chi connectivity index (χ1v) is 4.77. The predicted octanol–water partition coefficient (Wildman–Crippen LogP) is 2.99. The summed E-state index contributed by atoms with van der Waals surface area (Å²) in [5.41, 5.74) is -1.24. The highest BCUT2D eigenvalue weighted by Crippen LogP contribution is 2.35. The Morgan fingerprint density at radius 3 is 2.47 bits per heavy atom. The summed E-state index contributed by atoms with van der Waals surface area (Å²) < 4.78 is 69.8. The number of hydrogen-bond acceptors (Lipinski definition) is 4. The first-order chi connectivity index (χ1) is 8.78. The van der Waals surface area contributed by atoms with Crippen LogP contribution in [-0.2, 0) is 6.42 Å². The van der Waals surface area contributed by atoms with Crippen LogP contribution in [0, 0.1) is 11.3 Å². The Morgan fingerprint density at radius 2 is 2.05 bits per heavy atom. The van der Waals surface area contributed by atoms with Gasteiger partial charge >= 0.3 is 6.36 Å². The van der Waals surface area contributed by atoms with Crippen LogP contribution in [0.4, 0.5) is 22.0 Å². The lowest BCUT2D eigenvalue weighted by Gasteiger charge is -2.14. The SMILES string of the molecule is COc1cc(OC(F)(F)F)nc(CC#N)c1C(F)F. The molecular formula is C10H7F5N2O2. The van der Waals surface area contributed by atoms with E-state index in [4.69, 9.17) is 5.26 Å². The van der Waals surface area contributed by atoms with Crippen molar-refractivity contribution in [2.75, 3.05) is 7.11 Å². The molecule has 0 saturated carbocycles. The molecule has 0 amide bonds. The van der Waals surface area contributed by atoms with Crippen LogP contribution in [0.25, 0.3) is 0 Å². The third-order valence-electron chi connectivity index (χ3n) is 1.98. The summed E-state index contributed by atoms with van der Waals surface area (Å²) in [6.45, 7) is 0. The van der Waals surface area contributed by atoms with Gasteiger partial charge in [0.2, 0.25) is 5.88 Å². The molecule has 0 fully saturated rings. The van der Waals surface area contributed by atoms with E-state index in [9.17, 15) is 22.0 Å². The average molecular weight is 282 g/mol. The number of pyridine rings is 1. The molecule has 0 N–H and O–H groups in total. The van der Waals surface area contributed by atoms with Crippen molar-refractivity contribution in [1.82, 2.24) is 4.98 Å². The number of nitriles is 1. The molecule has 0 radical (unpaired) electrons. The number of alkyl halides is 5. The summed E-state index contributed by atoms with van der Waals surface area (Å²) >= 11 is 0. The molecule has 0 aliphatic rings. The van der Waals surface area contributed by atoms with Gasteiger partial charge < -0.3 is 9.47 Å². The number of ether oxygens (including phenoxy) is 2. The van der Waals surface area contributed by atoms with Crippen LogP contribution in [0.1, 0.15) is 17.7 Å². The molecule has 4 nitrogen and oxygen atoms in total. The molecule has 0 aliphatic carbocycles. The Bertz CT molecular complexity index is 496.